The standard InChI is InChI=1S/C8H16N2/c1-2-10-6-3-4-8(10)7(9)5-6/h6-8H,2-5,9H2,1H3. The first kappa shape index (κ1) is 6.62. The molecule has 2 saturated heterocycles. The molecule has 2 aliphatic rings. The molecule has 0 aromatic rings. The fourth-order valence-electron chi connectivity index (χ4n) is 2.64. The molecule has 2 aliphatic heterocycles. The molecule has 0 amide bonds. The molecule has 0 aromatic heterocycles. The topological polar surface area (TPSA) is 29.3 Å². The van der Waals surface area contributed by atoms with Crippen molar-refractivity contribution in [2.24, 2.45) is 5.73 Å². The molecule has 2 heterocycles. The molecule has 3 atom stereocenters. The number of likely N-dealkylation sites (N-methyl/N-ethyl adjacent to an activating group) is 1. The zero-order valence-corrected chi connectivity index (χ0v) is 6.59. The summed E-state index contributed by atoms with van der Waals surface area (Å²) in [6.07, 6.45) is 3.99. The van der Waals surface area contributed by atoms with Gasteiger partial charge in [-0.3, -0.25) is 4.90 Å². The minimum atomic E-state index is 0.485. The second-order valence-corrected chi connectivity index (χ2v) is 3.53. The summed E-state index contributed by atoms with van der Waals surface area (Å²) in [5, 5.41) is 0. The molecule has 2 rings (SSSR count). The normalized spacial score (nSPS) is 46.8. The molecule has 2 heteroatoms. The molecule has 0 aromatic carbocycles. The number of fused-ring (bicyclic) bond motifs is 2. The molecular formula is C8H16N2. The second-order valence-electron chi connectivity index (χ2n) is 3.53. The van der Waals surface area contributed by atoms with E-state index in [4.69, 9.17) is 5.73 Å². The Hall–Kier alpha value is -0.0800. The highest BCUT2D eigenvalue weighted by Crippen LogP contribution is 2.35. The largest absolute Gasteiger partial charge is 0.326 e. The Labute approximate surface area is 62.4 Å². The zero-order valence-electron chi connectivity index (χ0n) is 6.59. The molecule has 0 radical (unpaired) electrons. The maximum absolute atomic E-state index is 5.94. The van der Waals surface area contributed by atoms with Crippen molar-refractivity contribution in [3.8, 4) is 0 Å². The van der Waals surface area contributed by atoms with Gasteiger partial charge in [0.1, 0.15) is 0 Å². The summed E-state index contributed by atoms with van der Waals surface area (Å²) in [7, 11) is 0. The number of rotatable bonds is 1. The lowest BCUT2D eigenvalue weighted by atomic mass is 9.97. The van der Waals surface area contributed by atoms with Crippen molar-refractivity contribution in [3.63, 3.8) is 0 Å². The number of nitrogens with zero attached hydrogens (tertiary/aromatic N) is 1. The number of hydrogen-bond acceptors (Lipinski definition) is 2. The minimum Gasteiger partial charge on any atom is -0.326 e. The Bertz CT molecular complexity index is 135. The maximum atomic E-state index is 5.94. The van der Waals surface area contributed by atoms with Crippen LogP contribution in [0.2, 0.25) is 0 Å². The monoisotopic (exact) mass is 140 g/mol. The quantitative estimate of drug-likeness (QED) is 0.577. The summed E-state index contributed by atoms with van der Waals surface area (Å²) in [4.78, 5) is 2.57. The molecule has 2 fully saturated rings. The highest BCUT2D eigenvalue weighted by atomic mass is 15.3. The van der Waals surface area contributed by atoms with Crippen molar-refractivity contribution in [2.45, 2.75) is 44.3 Å². The van der Waals surface area contributed by atoms with Crippen molar-refractivity contribution >= 4 is 0 Å². The Kier molecular flexibility index (Phi) is 1.46. The molecule has 58 valence electrons. The average molecular weight is 140 g/mol. The van der Waals surface area contributed by atoms with Gasteiger partial charge in [0.15, 0.2) is 0 Å². The van der Waals surface area contributed by atoms with Crippen LogP contribution in [-0.2, 0) is 0 Å². The third-order valence-corrected chi connectivity index (χ3v) is 3.09. The van der Waals surface area contributed by atoms with E-state index in [1.54, 1.807) is 0 Å². The van der Waals surface area contributed by atoms with E-state index < -0.39 is 0 Å². The van der Waals surface area contributed by atoms with Gasteiger partial charge in [0, 0.05) is 18.1 Å². The Morgan fingerprint density at radius 1 is 1.50 bits per heavy atom. The van der Waals surface area contributed by atoms with Gasteiger partial charge in [-0.15, -0.1) is 0 Å². The smallest absolute Gasteiger partial charge is 0.0251 e. The van der Waals surface area contributed by atoms with E-state index in [0.717, 1.165) is 12.1 Å². The van der Waals surface area contributed by atoms with E-state index >= 15 is 0 Å². The Morgan fingerprint density at radius 3 is 2.60 bits per heavy atom. The third kappa shape index (κ3) is 0.722. The van der Waals surface area contributed by atoms with Crippen LogP contribution in [0.4, 0.5) is 0 Å². The van der Waals surface area contributed by atoms with E-state index in [9.17, 15) is 0 Å². The predicted octanol–water partition coefficient (Wildman–Crippen LogP) is 0.570. The summed E-state index contributed by atoms with van der Waals surface area (Å²) in [6.45, 7) is 3.44. The van der Waals surface area contributed by atoms with Crippen molar-refractivity contribution in [2.75, 3.05) is 6.54 Å². The minimum absolute atomic E-state index is 0.485. The summed E-state index contributed by atoms with van der Waals surface area (Å²) >= 11 is 0. The molecule has 10 heavy (non-hydrogen) atoms. The van der Waals surface area contributed by atoms with E-state index in [1.807, 2.05) is 0 Å². The van der Waals surface area contributed by atoms with Crippen LogP contribution in [0, 0.1) is 0 Å². The van der Waals surface area contributed by atoms with Gasteiger partial charge in [0.2, 0.25) is 0 Å². The zero-order chi connectivity index (χ0) is 7.14. The molecule has 3 unspecified atom stereocenters. The van der Waals surface area contributed by atoms with Gasteiger partial charge >= 0.3 is 0 Å². The van der Waals surface area contributed by atoms with Crippen LogP contribution in [-0.4, -0.2) is 29.6 Å². The average Bonchev–Trinajstić information content (AvgIpc) is 2.42. The van der Waals surface area contributed by atoms with Crippen LogP contribution in [0.1, 0.15) is 26.2 Å². The fourth-order valence-corrected chi connectivity index (χ4v) is 2.64. The maximum Gasteiger partial charge on any atom is 0.0251 e. The van der Waals surface area contributed by atoms with Crippen molar-refractivity contribution < 1.29 is 0 Å². The van der Waals surface area contributed by atoms with Crippen LogP contribution < -0.4 is 5.73 Å². The summed E-state index contributed by atoms with van der Waals surface area (Å²) in [5.41, 5.74) is 5.94. The second kappa shape index (κ2) is 2.21. The van der Waals surface area contributed by atoms with Crippen LogP contribution in [0.3, 0.4) is 0 Å². The highest BCUT2D eigenvalue weighted by Gasteiger charge is 2.43. The van der Waals surface area contributed by atoms with Gasteiger partial charge in [-0.1, -0.05) is 6.92 Å². The van der Waals surface area contributed by atoms with Gasteiger partial charge in [0.25, 0.3) is 0 Å². The first-order valence-electron chi connectivity index (χ1n) is 4.34. The van der Waals surface area contributed by atoms with Gasteiger partial charge in [-0.2, -0.15) is 0 Å². The fraction of sp³-hybridized carbons (Fsp3) is 1.00. The Morgan fingerprint density at radius 2 is 2.30 bits per heavy atom. The van der Waals surface area contributed by atoms with E-state index in [0.29, 0.717) is 6.04 Å². The lowest BCUT2D eigenvalue weighted by molar-refractivity contribution is 0.262. The van der Waals surface area contributed by atoms with Crippen LogP contribution in [0.15, 0.2) is 0 Å². The van der Waals surface area contributed by atoms with E-state index in [1.165, 1.54) is 25.8 Å². The Balaban J connectivity index is 2.11. The van der Waals surface area contributed by atoms with Crippen molar-refractivity contribution in [1.82, 2.24) is 4.90 Å². The molecular weight excluding hydrogens is 124 g/mol. The van der Waals surface area contributed by atoms with Crippen LogP contribution in [0.5, 0.6) is 0 Å². The van der Waals surface area contributed by atoms with E-state index in [-0.39, 0.29) is 0 Å². The number of hydrogen-bond donors (Lipinski definition) is 1. The molecule has 0 spiro atoms. The summed E-state index contributed by atoms with van der Waals surface area (Å²) < 4.78 is 0. The molecule has 0 saturated carbocycles. The number of nitrogens with two attached hydrogens (primary N) is 1. The molecule has 2 nitrogen and oxygen atoms in total. The van der Waals surface area contributed by atoms with Crippen molar-refractivity contribution in [1.29, 1.82) is 0 Å². The first-order valence-corrected chi connectivity index (χ1v) is 4.34. The first-order chi connectivity index (χ1) is 4.83. The molecule has 0 aliphatic carbocycles. The summed E-state index contributed by atoms with van der Waals surface area (Å²) in [6, 6.07) is 2.05. The lowest BCUT2D eigenvalue weighted by Crippen LogP contribution is -2.36. The predicted molar refractivity (Wildman–Crippen MR) is 41.8 cm³/mol. The van der Waals surface area contributed by atoms with Crippen molar-refractivity contribution in [3.05, 3.63) is 0 Å². The lowest BCUT2D eigenvalue weighted by Gasteiger charge is -2.19. The summed E-state index contributed by atoms with van der Waals surface area (Å²) in [5.74, 6) is 0. The van der Waals surface area contributed by atoms with Gasteiger partial charge in [0.05, 0.1) is 0 Å². The van der Waals surface area contributed by atoms with Gasteiger partial charge in [-0.05, 0) is 25.8 Å². The molecule has 2 N–H and O–H groups in total. The SMILES string of the molecule is CCN1C2CCC1C(N)C2. The van der Waals surface area contributed by atoms with E-state index in [2.05, 4.69) is 11.8 Å². The highest BCUT2D eigenvalue weighted by molar-refractivity contribution is 5.01. The van der Waals surface area contributed by atoms with Gasteiger partial charge < -0.3 is 5.73 Å². The third-order valence-electron chi connectivity index (χ3n) is 3.09. The van der Waals surface area contributed by atoms with Gasteiger partial charge in [-0.25, -0.2) is 0 Å². The molecule has 2 bridgehead atoms. The van der Waals surface area contributed by atoms with Crippen LogP contribution >= 0.6 is 0 Å². The van der Waals surface area contributed by atoms with Crippen LogP contribution in [0.25, 0.3) is 0 Å².